The van der Waals surface area contributed by atoms with Crippen LogP contribution in [0.1, 0.15) is 24.4 Å². The zero-order valence-corrected chi connectivity index (χ0v) is 14.5. The number of likely N-dealkylation sites (tertiary alicyclic amines) is 1. The van der Waals surface area contributed by atoms with Crippen molar-refractivity contribution in [2.75, 3.05) is 33.7 Å². The molecule has 0 aliphatic carbocycles. The molecular formula is C15H23BrClN3. The number of likely N-dealkylation sites (N-methyl/N-ethyl adjacent to an activating group) is 2. The third-order valence-electron chi connectivity index (χ3n) is 4.25. The Morgan fingerprint density at radius 3 is 2.85 bits per heavy atom. The minimum absolute atomic E-state index is 0.218. The molecule has 0 spiro atoms. The van der Waals surface area contributed by atoms with Gasteiger partial charge in [-0.25, -0.2) is 0 Å². The number of rotatable bonds is 5. The van der Waals surface area contributed by atoms with Crippen LogP contribution < -0.4 is 5.73 Å². The minimum atomic E-state index is 0.218. The molecule has 0 bridgehead atoms. The van der Waals surface area contributed by atoms with Crippen molar-refractivity contribution >= 4 is 27.5 Å². The molecule has 2 rings (SSSR count). The average Bonchev–Trinajstić information content (AvgIpc) is 2.78. The lowest BCUT2D eigenvalue weighted by atomic mass is 10.0. The van der Waals surface area contributed by atoms with Gasteiger partial charge in [-0.3, -0.25) is 4.90 Å². The molecule has 2 atom stereocenters. The first kappa shape index (κ1) is 16.2. The van der Waals surface area contributed by atoms with E-state index in [2.05, 4.69) is 45.9 Å². The van der Waals surface area contributed by atoms with Gasteiger partial charge in [0.05, 0.1) is 0 Å². The van der Waals surface area contributed by atoms with Crippen molar-refractivity contribution in [3.8, 4) is 0 Å². The summed E-state index contributed by atoms with van der Waals surface area (Å²) in [5.74, 6) is 0. The van der Waals surface area contributed by atoms with Gasteiger partial charge in [0.25, 0.3) is 0 Å². The van der Waals surface area contributed by atoms with Gasteiger partial charge in [-0.1, -0.05) is 33.6 Å². The van der Waals surface area contributed by atoms with Crippen molar-refractivity contribution in [3.05, 3.63) is 33.3 Å². The van der Waals surface area contributed by atoms with Gasteiger partial charge in [-0.15, -0.1) is 0 Å². The summed E-state index contributed by atoms with van der Waals surface area (Å²) in [5, 5.41) is 0.745. The van der Waals surface area contributed by atoms with Crippen LogP contribution in [0.25, 0.3) is 0 Å². The number of benzene rings is 1. The van der Waals surface area contributed by atoms with Gasteiger partial charge in [-0.05, 0) is 51.2 Å². The number of halogens is 2. The molecule has 0 aromatic heterocycles. The Kier molecular flexibility index (Phi) is 5.87. The fourth-order valence-corrected chi connectivity index (χ4v) is 3.93. The molecule has 3 nitrogen and oxygen atoms in total. The standard InChI is InChI=1S/C15H23BrClN3/c1-19-7-3-4-12(19)10-20(2)15(9-18)13-6-5-11(17)8-14(13)16/h5-6,8,12,15H,3-4,7,9-10,18H2,1-2H3. The summed E-state index contributed by atoms with van der Waals surface area (Å²) in [5.41, 5.74) is 7.22. The Morgan fingerprint density at radius 1 is 1.55 bits per heavy atom. The van der Waals surface area contributed by atoms with Gasteiger partial charge >= 0.3 is 0 Å². The summed E-state index contributed by atoms with van der Waals surface area (Å²) >= 11 is 9.62. The van der Waals surface area contributed by atoms with Crippen LogP contribution in [0.2, 0.25) is 5.02 Å². The fraction of sp³-hybridized carbons (Fsp3) is 0.600. The molecule has 1 aliphatic rings. The predicted octanol–water partition coefficient (Wildman–Crippen LogP) is 3.13. The Hall–Kier alpha value is -0.130. The van der Waals surface area contributed by atoms with Crippen LogP contribution in [0.5, 0.6) is 0 Å². The summed E-state index contributed by atoms with van der Waals surface area (Å²) in [4.78, 5) is 4.81. The van der Waals surface area contributed by atoms with Crippen LogP contribution >= 0.6 is 27.5 Å². The number of nitrogens with zero attached hydrogens (tertiary/aromatic N) is 2. The molecule has 1 aromatic rings. The van der Waals surface area contributed by atoms with E-state index in [0.717, 1.165) is 16.0 Å². The van der Waals surface area contributed by atoms with Crippen LogP contribution in [0.15, 0.2) is 22.7 Å². The first-order chi connectivity index (χ1) is 9.52. The molecular weight excluding hydrogens is 338 g/mol. The van der Waals surface area contributed by atoms with E-state index >= 15 is 0 Å². The second-order valence-electron chi connectivity index (χ2n) is 5.63. The third-order valence-corrected chi connectivity index (χ3v) is 5.17. The van der Waals surface area contributed by atoms with E-state index in [1.807, 2.05) is 12.1 Å². The maximum absolute atomic E-state index is 6.02. The zero-order valence-electron chi connectivity index (χ0n) is 12.1. The van der Waals surface area contributed by atoms with Crippen LogP contribution in [0.4, 0.5) is 0 Å². The van der Waals surface area contributed by atoms with E-state index in [-0.39, 0.29) is 6.04 Å². The number of nitrogens with two attached hydrogens (primary N) is 1. The van der Waals surface area contributed by atoms with E-state index in [0.29, 0.717) is 12.6 Å². The third kappa shape index (κ3) is 3.74. The Balaban J connectivity index is 2.10. The zero-order chi connectivity index (χ0) is 14.7. The molecule has 1 fully saturated rings. The van der Waals surface area contributed by atoms with Gasteiger partial charge in [0.1, 0.15) is 0 Å². The highest BCUT2D eigenvalue weighted by atomic mass is 79.9. The molecule has 20 heavy (non-hydrogen) atoms. The van der Waals surface area contributed by atoms with Crippen LogP contribution in [0, 0.1) is 0 Å². The quantitative estimate of drug-likeness (QED) is 0.875. The largest absolute Gasteiger partial charge is 0.329 e. The highest BCUT2D eigenvalue weighted by Gasteiger charge is 2.26. The molecule has 0 radical (unpaired) electrons. The lowest BCUT2D eigenvalue weighted by Gasteiger charge is -2.32. The van der Waals surface area contributed by atoms with Crippen molar-refractivity contribution < 1.29 is 0 Å². The van der Waals surface area contributed by atoms with Gasteiger partial charge in [-0.2, -0.15) is 0 Å². The van der Waals surface area contributed by atoms with Crippen molar-refractivity contribution in [1.29, 1.82) is 0 Å². The van der Waals surface area contributed by atoms with Crippen LogP contribution in [-0.2, 0) is 0 Å². The maximum atomic E-state index is 6.02. The highest BCUT2D eigenvalue weighted by molar-refractivity contribution is 9.10. The second kappa shape index (κ2) is 7.23. The number of hydrogen-bond donors (Lipinski definition) is 1. The Bertz CT molecular complexity index is 455. The van der Waals surface area contributed by atoms with Gasteiger partial charge in [0.2, 0.25) is 0 Å². The number of hydrogen-bond acceptors (Lipinski definition) is 3. The minimum Gasteiger partial charge on any atom is -0.329 e. The normalized spacial score (nSPS) is 21.6. The molecule has 2 unspecified atom stereocenters. The van der Waals surface area contributed by atoms with Gasteiger partial charge in [0.15, 0.2) is 0 Å². The van der Waals surface area contributed by atoms with Gasteiger partial charge in [0, 0.05) is 34.7 Å². The second-order valence-corrected chi connectivity index (χ2v) is 6.92. The van der Waals surface area contributed by atoms with Crippen molar-refractivity contribution in [1.82, 2.24) is 9.80 Å². The van der Waals surface area contributed by atoms with E-state index in [1.165, 1.54) is 24.9 Å². The summed E-state index contributed by atoms with van der Waals surface area (Å²) in [6, 6.07) is 6.80. The van der Waals surface area contributed by atoms with Crippen molar-refractivity contribution in [2.24, 2.45) is 5.73 Å². The molecule has 5 heteroatoms. The average molecular weight is 361 g/mol. The predicted molar refractivity (Wildman–Crippen MR) is 89.2 cm³/mol. The molecule has 1 saturated heterocycles. The summed E-state index contributed by atoms with van der Waals surface area (Å²) in [7, 11) is 4.37. The molecule has 0 amide bonds. The monoisotopic (exact) mass is 359 g/mol. The SMILES string of the molecule is CN1CCCC1CN(C)C(CN)c1ccc(Cl)cc1Br. The molecule has 112 valence electrons. The smallest absolute Gasteiger partial charge is 0.0479 e. The fourth-order valence-electron chi connectivity index (χ4n) is 2.99. The molecule has 0 saturated carbocycles. The van der Waals surface area contributed by atoms with Gasteiger partial charge < -0.3 is 10.6 Å². The van der Waals surface area contributed by atoms with E-state index < -0.39 is 0 Å². The van der Waals surface area contributed by atoms with Crippen LogP contribution in [-0.4, -0.2) is 49.6 Å². The van der Waals surface area contributed by atoms with E-state index in [4.69, 9.17) is 17.3 Å². The summed E-state index contributed by atoms with van der Waals surface area (Å²) in [6.07, 6.45) is 2.58. The highest BCUT2D eigenvalue weighted by Crippen LogP contribution is 2.30. The Labute approximate surface area is 135 Å². The van der Waals surface area contributed by atoms with E-state index in [1.54, 1.807) is 0 Å². The summed E-state index contributed by atoms with van der Waals surface area (Å²) in [6.45, 7) is 2.86. The van der Waals surface area contributed by atoms with Crippen molar-refractivity contribution in [3.63, 3.8) is 0 Å². The molecule has 1 aliphatic heterocycles. The maximum Gasteiger partial charge on any atom is 0.0479 e. The van der Waals surface area contributed by atoms with Crippen molar-refractivity contribution in [2.45, 2.75) is 24.9 Å². The Morgan fingerprint density at radius 2 is 2.30 bits per heavy atom. The molecule has 1 aromatic carbocycles. The lowest BCUT2D eigenvalue weighted by Crippen LogP contribution is -2.40. The summed E-state index contributed by atoms with van der Waals surface area (Å²) < 4.78 is 1.03. The topological polar surface area (TPSA) is 32.5 Å². The van der Waals surface area contributed by atoms with E-state index in [9.17, 15) is 0 Å². The van der Waals surface area contributed by atoms with Crippen LogP contribution in [0.3, 0.4) is 0 Å². The first-order valence-corrected chi connectivity index (χ1v) is 8.25. The lowest BCUT2D eigenvalue weighted by molar-refractivity contribution is 0.179. The first-order valence-electron chi connectivity index (χ1n) is 7.08. The molecule has 2 N–H and O–H groups in total. The molecule has 1 heterocycles.